The lowest BCUT2D eigenvalue weighted by Gasteiger charge is -2.32. The molecule has 0 radical (unpaired) electrons. The van der Waals surface area contributed by atoms with Crippen molar-refractivity contribution in [1.29, 1.82) is 0 Å². The van der Waals surface area contributed by atoms with Crippen molar-refractivity contribution in [3.05, 3.63) is 29.3 Å². The fraction of sp³-hybridized carbons (Fsp3) is 0.600. The fourth-order valence-corrected chi connectivity index (χ4v) is 3.54. The van der Waals surface area contributed by atoms with Gasteiger partial charge < -0.3 is 20.7 Å². The molecule has 2 aliphatic rings. The van der Waals surface area contributed by atoms with Crippen LogP contribution in [0.5, 0.6) is 0 Å². The van der Waals surface area contributed by atoms with Crippen molar-refractivity contribution in [1.82, 2.24) is 4.90 Å². The summed E-state index contributed by atoms with van der Waals surface area (Å²) in [6.07, 6.45) is 3.14. The lowest BCUT2D eigenvalue weighted by Crippen LogP contribution is -2.54. The highest BCUT2D eigenvalue weighted by molar-refractivity contribution is 6.00. The van der Waals surface area contributed by atoms with Crippen molar-refractivity contribution >= 4 is 29.9 Å². The Morgan fingerprint density at radius 1 is 1.22 bits per heavy atom. The number of aryl methyl sites for hydroxylation is 1. The molecule has 150 valence electrons. The van der Waals surface area contributed by atoms with E-state index in [4.69, 9.17) is 10.5 Å². The first-order valence-electron chi connectivity index (χ1n) is 9.47. The maximum Gasteiger partial charge on any atom is 0.253 e. The normalized spacial score (nSPS) is 19.9. The molecule has 2 fully saturated rings. The molecular weight excluding hydrogens is 366 g/mol. The molecule has 6 nitrogen and oxygen atoms in total. The van der Waals surface area contributed by atoms with Gasteiger partial charge in [0.25, 0.3) is 5.91 Å². The highest BCUT2D eigenvalue weighted by atomic mass is 35.5. The highest BCUT2D eigenvalue weighted by Crippen LogP contribution is 2.24. The molecule has 3 N–H and O–H groups in total. The number of carbonyl (C=O) groups excluding carboxylic acids is 2. The third-order valence-electron chi connectivity index (χ3n) is 5.63. The number of carbonyl (C=O) groups is 2. The molecule has 1 aromatic rings. The summed E-state index contributed by atoms with van der Waals surface area (Å²) >= 11 is 0. The fourth-order valence-electron chi connectivity index (χ4n) is 3.54. The van der Waals surface area contributed by atoms with Gasteiger partial charge in [0.05, 0.1) is 0 Å². The van der Waals surface area contributed by atoms with E-state index in [-0.39, 0.29) is 24.2 Å². The first kappa shape index (κ1) is 21.7. The Morgan fingerprint density at radius 2 is 1.85 bits per heavy atom. The highest BCUT2D eigenvalue weighted by Gasteiger charge is 2.36. The zero-order valence-corrected chi connectivity index (χ0v) is 16.9. The van der Waals surface area contributed by atoms with E-state index in [2.05, 4.69) is 12.2 Å². The second-order valence-electron chi connectivity index (χ2n) is 7.73. The standard InChI is InChI=1S/C20H29N3O3.ClH/c1-14-5-9-23(10-6-14)18(24)16-3-4-17(15(2)13-16)22-19(25)20(21)7-11-26-12-8-20;/h3-4,13-14H,5-12,21H2,1-2H3,(H,22,25);1H. The largest absolute Gasteiger partial charge is 0.381 e. The van der Waals surface area contributed by atoms with Crippen molar-refractivity contribution in [3.8, 4) is 0 Å². The van der Waals surface area contributed by atoms with Gasteiger partial charge in [0.15, 0.2) is 0 Å². The number of halogens is 1. The average Bonchev–Trinajstić information content (AvgIpc) is 2.64. The molecule has 27 heavy (non-hydrogen) atoms. The van der Waals surface area contributed by atoms with Gasteiger partial charge in [-0.25, -0.2) is 0 Å². The van der Waals surface area contributed by atoms with E-state index in [1.807, 2.05) is 17.9 Å². The van der Waals surface area contributed by atoms with Gasteiger partial charge in [-0.3, -0.25) is 9.59 Å². The van der Waals surface area contributed by atoms with E-state index >= 15 is 0 Å². The lowest BCUT2D eigenvalue weighted by atomic mass is 9.90. The SMILES string of the molecule is Cc1cc(C(=O)N2CCC(C)CC2)ccc1NC(=O)C1(N)CCOCC1.Cl. The van der Waals surface area contributed by atoms with Gasteiger partial charge in [0, 0.05) is 37.6 Å². The Labute approximate surface area is 167 Å². The molecule has 0 saturated carbocycles. The maximum atomic E-state index is 12.7. The number of nitrogens with two attached hydrogens (primary N) is 1. The molecule has 0 aromatic heterocycles. The summed E-state index contributed by atoms with van der Waals surface area (Å²) in [7, 11) is 0. The topological polar surface area (TPSA) is 84.7 Å². The van der Waals surface area contributed by atoms with E-state index in [1.54, 1.807) is 12.1 Å². The number of nitrogens with zero attached hydrogens (tertiary/aromatic N) is 1. The molecule has 0 bridgehead atoms. The molecule has 3 rings (SSSR count). The summed E-state index contributed by atoms with van der Waals surface area (Å²) in [6.45, 7) is 6.77. The minimum atomic E-state index is -0.885. The van der Waals surface area contributed by atoms with Crippen LogP contribution in [-0.2, 0) is 9.53 Å². The third-order valence-corrected chi connectivity index (χ3v) is 5.63. The average molecular weight is 396 g/mol. The summed E-state index contributed by atoms with van der Waals surface area (Å²) < 4.78 is 5.29. The number of hydrogen-bond donors (Lipinski definition) is 2. The van der Waals surface area contributed by atoms with Crippen molar-refractivity contribution in [2.75, 3.05) is 31.6 Å². The monoisotopic (exact) mass is 395 g/mol. The number of likely N-dealkylation sites (tertiary alicyclic amines) is 1. The molecule has 7 heteroatoms. The molecule has 1 aromatic carbocycles. The Bertz CT molecular complexity index is 681. The van der Waals surface area contributed by atoms with Crippen molar-refractivity contribution in [2.45, 2.75) is 45.1 Å². The Balaban J connectivity index is 0.00000261. The van der Waals surface area contributed by atoms with Crippen LogP contribution in [-0.4, -0.2) is 48.6 Å². The van der Waals surface area contributed by atoms with Crippen LogP contribution in [0.15, 0.2) is 18.2 Å². The van der Waals surface area contributed by atoms with Crippen LogP contribution in [0.25, 0.3) is 0 Å². The molecule has 0 aliphatic carbocycles. The van der Waals surface area contributed by atoms with Crippen LogP contribution in [0.1, 0.15) is 48.5 Å². The third kappa shape index (κ3) is 5.00. The van der Waals surface area contributed by atoms with Gasteiger partial charge >= 0.3 is 0 Å². The van der Waals surface area contributed by atoms with Crippen LogP contribution in [0.4, 0.5) is 5.69 Å². The molecule has 0 spiro atoms. The van der Waals surface area contributed by atoms with Crippen LogP contribution in [0, 0.1) is 12.8 Å². The van der Waals surface area contributed by atoms with Gasteiger partial charge in [-0.1, -0.05) is 6.92 Å². The van der Waals surface area contributed by atoms with Crippen molar-refractivity contribution in [2.24, 2.45) is 11.7 Å². The zero-order chi connectivity index (χ0) is 18.7. The maximum absolute atomic E-state index is 12.7. The van der Waals surface area contributed by atoms with Crippen LogP contribution in [0.2, 0.25) is 0 Å². The molecular formula is C20H30ClN3O3. The Kier molecular flexibility index (Phi) is 7.25. The van der Waals surface area contributed by atoms with Crippen molar-refractivity contribution < 1.29 is 14.3 Å². The smallest absolute Gasteiger partial charge is 0.253 e. The van der Waals surface area contributed by atoms with E-state index in [9.17, 15) is 9.59 Å². The molecule has 0 unspecified atom stereocenters. The van der Waals surface area contributed by atoms with Crippen molar-refractivity contribution in [3.63, 3.8) is 0 Å². The van der Waals surface area contributed by atoms with E-state index in [0.717, 1.165) is 31.5 Å². The second kappa shape index (κ2) is 9.04. The number of anilines is 1. The predicted octanol–water partition coefficient (Wildman–Crippen LogP) is 2.74. The Morgan fingerprint density at radius 3 is 2.44 bits per heavy atom. The lowest BCUT2D eigenvalue weighted by molar-refractivity contribution is -0.124. The minimum Gasteiger partial charge on any atom is -0.381 e. The summed E-state index contributed by atoms with van der Waals surface area (Å²) in [5.41, 5.74) is 7.59. The molecule has 2 amide bonds. The van der Waals surface area contributed by atoms with E-state index < -0.39 is 5.54 Å². The number of rotatable bonds is 3. The van der Waals surface area contributed by atoms with Gasteiger partial charge in [0.1, 0.15) is 5.54 Å². The number of piperidine rings is 1. The first-order valence-corrected chi connectivity index (χ1v) is 9.47. The number of hydrogen-bond acceptors (Lipinski definition) is 4. The van der Waals surface area contributed by atoms with E-state index in [0.29, 0.717) is 43.2 Å². The summed E-state index contributed by atoms with van der Waals surface area (Å²) in [5.74, 6) is 0.567. The Hall–Kier alpha value is -1.63. The molecule has 2 heterocycles. The predicted molar refractivity (Wildman–Crippen MR) is 108 cm³/mol. The first-order chi connectivity index (χ1) is 12.4. The van der Waals surface area contributed by atoms with E-state index in [1.165, 1.54) is 0 Å². The minimum absolute atomic E-state index is 0. The molecule has 2 saturated heterocycles. The summed E-state index contributed by atoms with van der Waals surface area (Å²) in [6, 6.07) is 5.44. The van der Waals surface area contributed by atoms with Gasteiger partial charge in [-0.15, -0.1) is 12.4 Å². The van der Waals surface area contributed by atoms with Crippen LogP contribution < -0.4 is 11.1 Å². The number of nitrogens with one attached hydrogen (secondary N) is 1. The van der Waals surface area contributed by atoms with Gasteiger partial charge in [-0.05, 0) is 62.3 Å². The molecule has 0 atom stereocenters. The molecule has 2 aliphatic heterocycles. The number of benzene rings is 1. The van der Waals surface area contributed by atoms with Crippen LogP contribution in [0.3, 0.4) is 0 Å². The number of amides is 2. The second-order valence-corrected chi connectivity index (χ2v) is 7.73. The zero-order valence-electron chi connectivity index (χ0n) is 16.1. The number of ether oxygens (including phenoxy) is 1. The van der Waals surface area contributed by atoms with Gasteiger partial charge in [0.2, 0.25) is 5.91 Å². The summed E-state index contributed by atoms with van der Waals surface area (Å²) in [4.78, 5) is 27.2. The van der Waals surface area contributed by atoms with Crippen LogP contribution >= 0.6 is 12.4 Å². The summed E-state index contributed by atoms with van der Waals surface area (Å²) in [5, 5.41) is 2.93. The van der Waals surface area contributed by atoms with Gasteiger partial charge in [-0.2, -0.15) is 0 Å². The quantitative estimate of drug-likeness (QED) is 0.824.